The topological polar surface area (TPSA) is 74.5 Å². The Balaban J connectivity index is 2.19. The van der Waals surface area contributed by atoms with E-state index in [1.54, 1.807) is 19.0 Å². The minimum Gasteiger partial charge on any atom is -0.357 e. The summed E-state index contributed by atoms with van der Waals surface area (Å²) in [5, 5.41) is 10.8. The van der Waals surface area contributed by atoms with Gasteiger partial charge in [0.05, 0.1) is 24.5 Å². The van der Waals surface area contributed by atoms with Crippen LogP contribution in [0.1, 0.15) is 23.9 Å². The first-order valence-corrected chi connectivity index (χ1v) is 8.76. The predicted octanol–water partition coefficient (Wildman–Crippen LogP) is 1.63. The van der Waals surface area contributed by atoms with Gasteiger partial charge >= 0.3 is 0 Å². The van der Waals surface area contributed by atoms with E-state index in [0.717, 1.165) is 29.2 Å². The Bertz CT molecular complexity index is 778. The molecule has 0 saturated heterocycles. The molecule has 0 unspecified atom stereocenters. The van der Waals surface area contributed by atoms with E-state index in [4.69, 9.17) is 0 Å². The number of nitrogens with one attached hydrogen (secondary N) is 2. The van der Waals surface area contributed by atoms with E-state index in [1.807, 2.05) is 49.7 Å². The summed E-state index contributed by atoms with van der Waals surface area (Å²) in [6, 6.07) is 10.1. The number of carbonyl (C=O) groups is 1. The highest BCUT2D eigenvalue weighted by Crippen LogP contribution is 2.17. The first-order chi connectivity index (χ1) is 12.4. The van der Waals surface area contributed by atoms with Crippen LogP contribution in [0.15, 0.2) is 35.3 Å². The standard InChI is InChI=1S/C19H28N6O/c1-6-20-19(22-13-18(26)24(4)5)21-12-16-9-7-8-10-17(16)25-15(3)11-14(2)23-25/h7-11H,6,12-13H2,1-5H3,(H2,20,21,22). The molecule has 26 heavy (non-hydrogen) atoms. The number of aryl methyl sites for hydroxylation is 2. The van der Waals surface area contributed by atoms with Crippen molar-refractivity contribution in [2.45, 2.75) is 27.3 Å². The van der Waals surface area contributed by atoms with Crippen LogP contribution in [0.2, 0.25) is 0 Å². The van der Waals surface area contributed by atoms with Crippen molar-refractivity contribution in [2.24, 2.45) is 4.99 Å². The van der Waals surface area contributed by atoms with E-state index in [2.05, 4.69) is 26.8 Å². The molecule has 0 saturated carbocycles. The predicted molar refractivity (Wildman–Crippen MR) is 105 cm³/mol. The SMILES string of the molecule is CCNC(=NCc1ccccc1-n1nc(C)cc1C)NCC(=O)N(C)C. The average molecular weight is 356 g/mol. The molecule has 0 atom stereocenters. The number of rotatable bonds is 6. The Morgan fingerprint density at radius 3 is 2.58 bits per heavy atom. The summed E-state index contributed by atoms with van der Waals surface area (Å²) in [5.41, 5.74) is 4.15. The highest BCUT2D eigenvalue weighted by atomic mass is 16.2. The van der Waals surface area contributed by atoms with E-state index in [1.165, 1.54) is 0 Å². The number of aliphatic imine (C=N–C) groups is 1. The van der Waals surface area contributed by atoms with Gasteiger partial charge in [0.2, 0.25) is 5.91 Å². The Hall–Kier alpha value is -2.83. The molecule has 2 N–H and O–H groups in total. The van der Waals surface area contributed by atoms with Crippen molar-refractivity contribution in [3.05, 3.63) is 47.3 Å². The lowest BCUT2D eigenvalue weighted by atomic mass is 10.2. The molecule has 0 spiro atoms. The lowest BCUT2D eigenvalue weighted by Crippen LogP contribution is -2.42. The van der Waals surface area contributed by atoms with Crippen molar-refractivity contribution in [3.8, 4) is 5.69 Å². The van der Waals surface area contributed by atoms with E-state index in [-0.39, 0.29) is 12.5 Å². The average Bonchev–Trinajstić information content (AvgIpc) is 2.95. The summed E-state index contributed by atoms with van der Waals surface area (Å²) < 4.78 is 1.94. The second-order valence-corrected chi connectivity index (χ2v) is 6.30. The van der Waals surface area contributed by atoms with Crippen LogP contribution in [0.3, 0.4) is 0 Å². The molecule has 2 aromatic rings. The van der Waals surface area contributed by atoms with Gasteiger partial charge in [0.25, 0.3) is 0 Å². The molecular weight excluding hydrogens is 328 g/mol. The third-order valence-corrected chi connectivity index (χ3v) is 3.89. The van der Waals surface area contributed by atoms with Gasteiger partial charge < -0.3 is 15.5 Å². The second kappa shape index (κ2) is 9.03. The normalized spacial score (nSPS) is 11.3. The van der Waals surface area contributed by atoms with Crippen molar-refractivity contribution >= 4 is 11.9 Å². The molecule has 0 aliphatic rings. The van der Waals surface area contributed by atoms with Gasteiger partial charge in [-0.05, 0) is 38.5 Å². The fourth-order valence-corrected chi connectivity index (χ4v) is 2.55. The monoisotopic (exact) mass is 356 g/mol. The van der Waals surface area contributed by atoms with Gasteiger partial charge in [-0.25, -0.2) is 9.67 Å². The van der Waals surface area contributed by atoms with Crippen molar-refractivity contribution in [1.29, 1.82) is 0 Å². The maximum absolute atomic E-state index is 11.8. The lowest BCUT2D eigenvalue weighted by Gasteiger charge is -2.15. The van der Waals surface area contributed by atoms with Gasteiger partial charge in [0.1, 0.15) is 0 Å². The first kappa shape index (κ1) is 19.5. The van der Waals surface area contributed by atoms with Gasteiger partial charge in [0, 0.05) is 26.3 Å². The Labute approximate surface area is 155 Å². The van der Waals surface area contributed by atoms with Crippen LogP contribution in [0.4, 0.5) is 0 Å². The minimum absolute atomic E-state index is 0.00126. The number of likely N-dealkylation sites (N-methyl/N-ethyl adjacent to an activating group) is 1. The van der Waals surface area contributed by atoms with Crippen molar-refractivity contribution < 1.29 is 4.79 Å². The van der Waals surface area contributed by atoms with Gasteiger partial charge in [0.15, 0.2) is 5.96 Å². The van der Waals surface area contributed by atoms with Gasteiger partial charge in [-0.3, -0.25) is 4.79 Å². The molecule has 0 bridgehead atoms. The number of nitrogens with zero attached hydrogens (tertiary/aromatic N) is 4. The second-order valence-electron chi connectivity index (χ2n) is 6.30. The van der Waals surface area contributed by atoms with Crippen LogP contribution < -0.4 is 10.6 Å². The largest absolute Gasteiger partial charge is 0.357 e. The number of carbonyl (C=O) groups excluding carboxylic acids is 1. The highest BCUT2D eigenvalue weighted by molar-refractivity contribution is 5.86. The number of guanidine groups is 1. The number of para-hydroxylation sites is 1. The molecular formula is C19H28N6O. The minimum atomic E-state index is -0.00126. The van der Waals surface area contributed by atoms with E-state index in [0.29, 0.717) is 12.5 Å². The van der Waals surface area contributed by atoms with Gasteiger partial charge in [-0.2, -0.15) is 5.10 Å². The van der Waals surface area contributed by atoms with Crippen LogP contribution in [-0.2, 0) is 11.3 Å². The summed E-state index contributed by atoms with van der Waals surface area (Å²) in [4.78, 5) is 17.9. The molecule has 1 aromatic heterocycles. The molecule has 0 aliphatic heterocycles. The zero-order valence-corrected chi connectivity index (χ0v) is 16.2. The fraction of sp³-hybridized carbons (Fsp3) is 0.421. The number of hydrogen-bond acceptors (Lipinski definition) is 3. The Morgan fingerprint density at radius 1 is 1.23 bits per heavy atom. The van der Waals surface area contributed by atoms with Crippen molar-refractivity contribution in [3.63, 3.8) is 0 Å². The molecule has 0 fully saturated rings. The van der Waals surface area contributed by atoms with Crippen LogP contribution in [0, 0.1) is 13.8 Å². The Kier molecular flexibility index (Phi) is 6.77. The summed E-state index contributed by atoms with van der Waals surface area (Å²) in [6.07, 6.45) is 0. The van der Waals surface area contributed by atoms with E-state index < -0.39 is 0 Å². The molecule has 0 radical (unpaired) electrons. The summed E-state index contributed by atoms with van der Waals surface area (Å²) in [5.74, 6) is 0.615. The summed E-state index contributed by atoms with van der Waals surface area (Å²) >= 11 is 0. The molecule has 7 nitrogen and oxygen atoms in total. The summed E-state index contributed by atoms with van der Waals surface area (Å²) in [6.45, 7) is 7.44. The molecule has 7 heteroatoms. The maximum Gasteiger partial charge on any atom is 0.241 e. The third kappa shape index (κ3) is 5.08. The molecule has 140 valence electrons. The third-order valence-electron chi connectivity index (χ3n) is 3.89. The van der Waals surface area contributed by atoms with E-state index in [9.17, 15) is 4.79 Å². The quantitative estimate of drug-likeness (QED) is 0.609. The number of aromatic nitrogens is 2. The van der Waals surface area contributed by atoms with Crippen LogP contribution in [-0.4, -0.2) is 53.7 Å². The van der Waals surface area contributed by atoms with Crippen LogP contribution in [0.5, 0.6) is 0 Å². The van der Waals surface area contributed by atoms with Crippen LogP contribution >= 0.6 is 0 Å². The number of benzene rings is 1. The van der Waals surface area contributed by atoms with Crippen molar-refractivity contribution in [1.82, 2.24) is 25.3 Å². The summed E-state index contributed by atoms with van der Waals surface area (Å²) in [7, 11) is 3.47. The zero-order valence-electron chi connectivity index (χ0n) is 16.2. The maximum atomic E-state index is 11.8. The molecule has 0 aliphatic carbocycles. The Morgan fingerprint density at radius 2 is 1.96 bits per heavy atom. The zero-order chi connectivity index (χ0) is 19.1. The van der Waals surface area contributed by atoms with Crippen molar-refractivity contribution in [2.75, 3.05) is 27.2 Å². The van der Waals surface area contributed by atoms with Gasteiger partial charge in [-0.15, -0.1) is 0 Å². The number of hydrogen-bond donors (Lipinski definition) is 2. The molecule has 1 heterocycles. The van der Waals surface area contributed by atoms with Crippen LogP contribution in [0.25, 0.3) is 5.69 Å². The van der Waals surface area contributed by atoms with E-state index >= 15 is 0 Å². The first-order valence-electron chi connectivity index (χ1n) is 8.76. The number of amides is 1. The molecule has 2 rings (SSSR count). The van der Waals surface area contributed by atoms with Gasteiger partial charge in [-0.1, -0.05) is 18.2 Å². The fourth-order valence-electron chi connectivity index (χ4n) is 2.55. The molecule has 1 aromatic carbocycles. The highest BCUT2D eigenvalue weighted by Gasteiger charge is 2.09. The molecule has 1 amide bonds. The smallest absolute Gasteiger partial charge is 0.241 e. The lowest BCUT2D eigenvalue weighted by molar-refractivity contribution is -0.127.